The molecule has 4 nitrogen and oxygen atoms in total. The van der Waals surface area contributed by atoms with Gasteiger partial charge < -0.3 is 5.73 Å². The van der Waals surface area contributed by atoms with Crippen molar-refractivity contribution in [2.75, 3.05) is 0 Å². The van der Waals surface area contributed by atoms with Gasteiger partial charge in [-0.2, -0.15) is 15.0 Å². The van der Waals surface area contributed by atoms with E-state index in [-0.39, 0.29) is 0 Å². The van der Waals surface area contributed by atoms with Crippen molar-refractivity contribution >= 4 is 11.6 Å². The van der Waals surface area contributed by atoms with E-state index < -0.39 is 0 Å². The highest BCUT2D eigenvalue weighted by atomic mass is 35.5. The van der Waals surface area contributed by atoms with Gasteiger partial charge in [0.25, 0.3) is 0 Å². The van der Waals surface area contributed by atoms with Gasteiger partial charge in [-0.15, -0.1) is 0 Å². The predicted molar refractivity (Wildman–Crippen MR) is 54.3 cm³/mol. The number of rotatable bonds is 2. The SMILES string of the molecule is NCc1cnn(-c2cccc(Cl)c2)n1. The topological polar surface area (TPSA) is 56.7 Å². The van der Waals surface area contributed by atoms with Crippen molar-refractivity contribution in [3.8, 4) is 5.69 Å². The maximum Gasteiger partial charge on any atom is 0.0967 e. The van der Waals surface area contributed by atoms with Crippen LogP contribution in [0.4, 0.5) is 0 Å². The molecular formula is C9H9ClN4. The first-order valence-corrected chi connectivity index (χ1v) is 4.54. The van der Waals surface area contributed by atoms with Crippen LogP contribution in [0.1, 0.15) is 5.69 Å². The maximum absolute atomic E-state index is 5.84. The second-order valence-electron chi connectivity index (χ2n) is 2.81. The maximum atomic E-state index is 5.84. The van der Waals surface area contributed by atoms with E-state index in [0.29, 0.717) is 11.6 Å². The molecule has 0 atom stereocenters. The van der Waals surface area contributed by atoms with Crippen molar-refractivity contribution in [2.24, 2.45) is 5.73 Å². The summed E-state index contributed by atoms with van der Waals surface area (Å²) in [6, 6.07) is 7.33. The van der Waals surface area contributed by atoms with Crippen LogP contribution in [0.25, 0.3) is 5.69 Å². The highest BCUT2D eigenvalue weighted by molar-refractivity contribution is 6.30. The van der Waals surface area contributed by atoms with Gasteiger partial charge in [0.05, 0.1) is 17.6 Å². The fraction of sp³-hybridized carbons (Fsp3) is 0.111. The Morgan fingerprint density at radius 1 is 1.43 bits per heavy atom. The van der Waals surface area contributed by atoms with E-state index in [4.69, 9.17) is 17.3 Å². The quantitative estimate of drug-likeness (QED) is 0.811. The molecule has 1 aromatic carbocycles. The number of hydrogen-bond acceptors (Lipinski definition) is 3. The van der Waals surface area contributed by atoms with Crippen LogP contribution in [0.2, 0.25) is 5.02 Å². The number of benzene rings is 1. The molecule has 0 aliphatic rings. The number of nitrogens with zero attached hydrogens (tertiary/aromatic N) is 3. The van der Waals surface area contributed by atoms with Crippen molar-refractivity contribution < 1.29 is 0 Å². The minimum absolute atomic E-state index is 0.389. The van der Waals surface area contributed by atoms with Crippen LogP contribution in [0.3, 0.4) is 0 Å². The smallest absolute Gasteiger partial charge is 0.0967 e. The summed E-state index contributed by atoms with van der Waals surface area (Å²) < 4.78 is 0. The van der Waals surface area contributed by atoms with Gasteiger partial charge in [-0.3, -0.25) is 0 Å². The second kappa shape index (κ2) is 3.77. The van der Waals surface area contributed by atoms with Gasteiger partial charge in [-0.05, 0) is 18.2 Å². The zero-order valence-corrected chi connectivity index (χ0v) is 8.15. The highest BCUT2D eigenvalue weighted by Crippen LogP contribution is 2.12. The average molecular weight is 209 g/mol. The molecule has 2 aromatic rings. The fourth-order valence-corrected chi connectivity index (χ4v) is 1.30. The Hall–Kier alpha value is -1.39. The zero-order valence-electron chi connectivity index (χ0n) is 7.39. The number of hydrogen-bond donors (Lipinski definition) is 1. The van der Waals surface area contributed by atoms with E-state index in [9.17, 15) is 0 Å². The van der Waals surface area contributed by atoms with Crippen LogP contribution in [-0.4, -0.2) is 15.0 Å². The number of halogens is 1. The molecule has 0 spiro atoms. The summed E-state index contributed by atoms with van der Waals surface area (Å²) in [5, 5.41) is 8.89. The average Bonchev–Trinajstić information content (AvgIpc) is 2.66. The van der Waals surface area contributed by atoms with E-state index in [0.717, 1.165) is 11.4 Å². The van der Waals surface area contributed by atoms with Gasteiger partial charge in [0.2, 0.25) is 0 Å². The van der Waals surface area contributed by atoms with Crippen LogP contribution in [0.15, 0.2) is 30.5 Å². The Labute approximate surface area is 86.3 Å². The fourth-order valence-electron chi connectivity index (χ4n) is 1.11. The van der Waals surface area contributed by atoms with Gasteiger partial charge >= 0.3 is 0 Å². The molecule has 0 unspecified atom stereocenters. The molecule has 14 heavy (non-hydrogen) atoms. The number of nitrogens with two attached hydrogens (primary N) is 1. The zero-order chi connectivity index (χ0) is 9.97. The van der Waals surface area contributed by atoms with Crippen LogP contribution in [-0.2, 0) is 6.54 Å². The Morgan fingerprint density at radius 3 is 2.93 bits per heavy atom. The van der Waals surface area contributed by atoms with Crippen LogP contribution in [0.5, 0.6) is 0 Å². The summed E-state index contributed by atoms with van der Waals surface area (Å²) in [7, 11) is 0. The molecular weight excluding hydrogens is 200 g/mol. The van der Waals surface area contributed by atoms with Gasteiger partial charge in [0.15, 0.2) is 0 Å². The minimum Gasteiger partial charge on any atom is -0.325 e. The molecule has 0 amide bonds. The monoisotopic (exact) mass is 208 g/mol. The predicted octanol–water partition coefficient (Wildman–Crippen LogP) is 1.38. The van der Waals surface area contributed by atoms with Crippen LogP contribution in [0, 0.1) is 0 Å². The largest absolute Gasteiger partial charge is 0.325 e. The van der Waals surface area contributed by atoms with E-state index in [1.165, 1.54) is 4.80 Å². The third-order valence-corrected chi connectivity index (χ3v) is 2.02. The summed E-state index contributed by atoms with van der Waals surface area (Å²) in [6.07, 6.45) is 1.64. The van der Waals surface area contributed by atoms with Crippen molar-refractivity contribution in [2.45, 2.75) is 6.54 Å². The van der Waals surface area contributed by atoms with E-state index in [1.807, 2.05) is 12.1 Å². The van der Waals surface area contributed by atoms with E-state index in [1.54, 1.807) is 18.3 Å². The third-order valence-electron chi connectivity index (χ3n) is 1.79. The first-order chi connectivity index (χ1) is 6.79. The molecule has 2 rings (SSSR count). The highest BCUT2D eigenvalue weighted by Gasteiger charge is 2.01. The van der Waals surface area contributed by atoms with Gasteiger partial charge in [0, 0.05) is 11.6 Å². The molecule has 5 heteroatoms. The summed E-state index contributed by atoms with van der Waals surface area (Å²) in [6.45, 7) is 0.389. The Balaban J connectivity index is 2.39. The lowest BCUT2D eigenvalue weighted by molar-refractivity contribution is 0.738. The van der Waals surface area contributed by atoms with E-state index >= 15 is 0 Å². The molecule has 0 aliphatic heterocycles. The lowest BCUT2D eigenvalue weighted by atomic mass is 10.3. The Bertz CT molecular complexity index is 438. The molecule has 0 aliphatic carbocycles. The Morgan fingerprint density at radius 2 is 2.29 bits per heavy atom. The van der Waals surface area contributed by atoms with Gasteiger partial charge in [0.1, 0.15) is 0 Å². The normalized spacial score (nSPS) is 10.4. The molecule has 1 heterocycles. The van der Waals surface area contributed by atoms with Gasteiger partial charge in [-0.25, -0.2) is 0 Å². The molecule has 1 aromatic heterocycles. The van der Waals surface area contributed by atoms with Gasteiger partial charge in [-0.1, -0.05) is 17.7 Å². The van der Waals surface area contributed by atoms with Crippen molar-refractivity contribution in [1.29, 1.82) is 0 Å². The molecule has 2 N–H and O–H groups in total. The van der Waals surface area contributed by atoms with Crippen molar-refractivity contribution in [1.82, 2.24) is 15.0 Å². The summed E-state index contributed by atoms with van der Waals surface area (Å²) >= 11 is 5.84. The summed E-state index contributed by atoms with van der Waals surface area (Å²) in [4.78, 5) is 1.51. The first-order valence-electron chi connectivity index (χ1n) is 4.17. The number of aromatic nitrogens is 3. The molecule has 0 fully saturated rings. The van der Waals surface area contributed by atoms with E-state index in [2.05, 4.69) is 10.2 Å². The minimum atomic E-state index is 0.389. The second-order valence-corrected chi connectivity index (χ2v) is 3.25. The lowest BCUT2D eigenvalue weighted by Crippen LogP contribution is -2.01. The third kappa shape index (κ3) is 1.76. The van der Waals surface area contributed by atoms with Crippen molar-refractivity contribution in [3.05, 3.63) is 41.2 Å². The molecule has 72 valence electrons. The molecule has 0 saturated heterocycles. The lowest BCUT2D eigenvalue weighted by Gasteiger charge is -1.98. The molecule has 0 bridgehead atoms. The summed E-state index contributed by atoms with van der Waals surface area (Å²) in [5.41, 5.74) is 7.01. The van der Waals surface area contributed by atoms with Crippen LogP contribution >= 0.6 is 11.6 Å². The molecule has 0 radical (unpaired) electrons. The van der Waals surface area contributed by atoms with Crippen LogP contribution < -0.4 is 5.73 Å². The molecule has 0 saturated carbocycles. The first kappa shape index (κ1) is 9.18. The van der Waals surface area contributed by atoms with Crippen molar-refractivity contribution in [3.63, 3.8) is 0 Å². The summed E-state index contributed by atoms with van der Waals surface area (Å²) in [5.74, 6) is 0. The Kier molecular flexibility index (Phi) is 2.47. The standard InChI is InChI=1S/C9H9ClN4/c10-7-2-1-3-9(4-7)14-12-6-8(5-11)13-14/h1-4,6H,5,11H2.